The summed E-state index contributed by atoms with van der Waals surface area (Å²) in [4.78, 5) is 36.2. The van der Waals surface area contributed by atoms with Crippen molar-refractivity contribution in [3.8, 4) is 5.69 Å². The lowest BCUT2D eigenvalue weighted by Crippen LogP contribution is -2.31. The summed E-state index contributed by atoms with van der Waals surface area (Å²) in [5.41, 5.74) is 1.42. The van der Waals surface area contributed by atoms with Crippen LogP contribution in [0.3, 0.4) is 0 Å². The number of pyridine rings is 2. The minimum absolute atomic E-state index is 0.0352. The first-order valence-corrected chi connectivity index (χ1v) is 9.60. The zero-order valence-electron chi connectivity index (χ0n) is 15.3. The number of aromatic amines is 1. The Morgan fingerprint density at radius 2 is 2.00 bits per heavy atom. The number of hydrogen-bond donors (Lipinski definition) is 1. The Kier molecular flexibility index (Phi) is 5.67. The third-order valence-corrected chi connectivity index (χ3v) is 5.07. The molecule has 1 N–H and O–H groups in total. The van der Waals surface area contributed by atoms with E-state index in [4.69, 9.17) is 23.2 Å². The molecule has 0 unspecified atom stereocenters. The summed E-state index contributed by atoms with van der Waals surface area (Å²) in [6.07, 6.45) is 4.51. The molecule has 3 aromatic rings. The van der Waals surface area contributed by atoms with Crippen LogP contribution in [0.5, 0.6) is 0 Å². The molecular weight excluding hydrogens is 387 g/mol. The van der Waals surface area contributed by atoms with Gasteiger partial charge in [-0.25, -0.2) is 14.3 Å². The summed E-state index contributed by atoms with van der Waals surface area (Å²) >= 11 is 12.1. The van der Waals surface area contributed by atoms with E-state index >= 15 is 0 Å². The molecule has 142 valence electrons. The number of nitrogens with zero attached hydrogens (tertiary/aromatic N) is 3. The molecule has 3 heterocycles. The van der Waals surface area contributed by atoms with Gasteiger partial charge >= 0.3 is 5.69 Å². The average molecular weight is 407 g/mol. The van der Waals surface area contributed by atoms with Gasteiger partial charge in [0.2, 0.25) is 0 Å². The Balaban J connectivity index is 2.47. The lowest BCUT2D eigenvalue weighted by Gasteiger charge is -2.19. The largest absolute Gasteiger partial charge is 0.334 e. The summed E-state index contributed by atoms with van der Waals surface area (Å²) in [5.74, 6) is 0.0678. The van der Waals surface area contributed by atoms with Gasteiger partial charge in [0, 0.05) is 6.20 Å². The Labute approximate surface area is 166 Å². The predicted octanol–water partition coefficient (Wildman–Crippen LogP) is 4.24. The second-order valence-electron chi connectivity index (χ2n) is 6.69. The third-order valence-electron chi connectivity index (χ3n) is 4.40. The van der Waals surface area contributed by atoms with Gasteiger partial charge in [0.25, 0.3) is 5.56 Å². The van der Waals surface area contributed by atoms with E-state index in [1.165, 1.54) is 10.6 Å². The van der Waals surface area contributed by atoms with Crippen LogP contribution in [-0.4, -0.2) is 19.5 Å². The van der Waals surface area contributed by atoms with Crippen molar-refractivity contribution < 1.29 is 0 Å². The molecule has 8 heteroatoms. The number of H-pyrrole nitrogens is 1. The monoisotopic (exact) mass is 406 g/mol. The molecule has 0 saturated heterocycles. The highest BCUT2D eigenvalue weighted by molar-refractivity contribution is 6.41. The van der Waals surface area contributed by atoms with E-state index in [2.05, 4.69) is 21.9 Å². The predicted molar refractivity (Wildman–Crippen MR) is 108 cm³/mol. The molecule has 27 heavy (non-hydrogen) atoms. The second-order valence-corrected chi connectivity index (χ2v) is 7.45. The summed E-state index contributed by atoms with van der Waals surface area (Å²) in [7, 11) is 0. The van der Waals surface area contributed by atoms with Crippen LogP contribution in [0.25, 0.3) is 16.7 Å². The van der Waals surface area contributed by atoms with Gasteiger partial charge in [0.1, 0.15) is 5.15 Å². The first kappa shape index (κ1) is 19.6. The minimum Gasteiger partial charge on any atom is -0.273 e. The number of hydrogen-bond acceptors (Lipinski definition) is 4. The van der Waals surface area contributed by atoms with Crippen LogP contribution in [-0.2, 0) is 6.42 Å². The van der Waals surface area contributed by atoms with Crippen molar-refractivity contribution in [2.24, 2.45) is 0 Å². The van der Waals surface area contributed by atoms with Crippen molar-refractivity contribution in [2.75, 3.05) is 0 Å². The molecule has 6 nitrogen and oxygen atoms in total. The maximum atomic E-state index is 12.8. The average Bonchev–Trinajstić information content (AvgIpc) is 2.62. The molecule has 0 radical (unpaired) electrons. The van der Waals surface area contributed by atoms with Crippen LogP contribution < -0.4 is 11.2 Å². The van der Waals surface area contributed by atoms with Crippen LogP contribution in [0.2, 0.25) is 10.2 Å². The normalized spacial score (nSPS) is 11.5. The Morgan fingerprint density at radius 1 is 1.26 bits per heavy atom. The zero-order chi connectivity index (χ0) is 19.7. The lowest BCUT2D eigenvalue weighted by molar-refractivity contribution is 0.755. The number of aromatic nitrogens is 4. The Bertz CT molecular complexity index is 1120. The molecule has 0 bridgehead atoms. The van der Waals surface area contributed by atoms with Crippen molar-refractivity contribution in [3.05, 3.63) is 60.6 Å². The van der Waals surface area contributed by atoms with E-state index in [-0.39, 0.29) is 27.1 Å². The number of rotatable bonds is 5. The maximum absolute atomic E-state index is 12.8. The van der Waals surface area contributed by atoms with Gasteiger partial charge in [0.05, 0.1) is 21.8 Å². The molecule has 0 aliphatic carbocycles. The number of aryl methyl sites for hydroxylation is 1. The van der Waals surface area contributed by atoms with Crippen molar-refractivity contribution in [1.82, 2.24) is 19.5 Å². The summed E-state index contributed by atoms with van der Waals surface area (Å²) in [6, 6.07) is 3.33. The van der Waals surface area contributed by atoms with Gasteiger partial charge in [-0.3, -0.25) is 14.8 Å². The summed E-state index contributed by atoms with van der Waals surface area (Å²) < 4.78 is 1.40. The molecule has 0 aliphatic heterocycles. The van der Waals surface area contributed by atoms with Gasteiger partial charge in [-0.1, -0.05) is 50.4 Å². The minimum atomic E-state index is -0.578. The molecule has 0 aliphatic rings. The highest BCUT2D eigenvalue weighted by Crippen LogP contribution is 2.28. The van der Waals surface area contributed by atoms with Crippen molar-refractivity contribution >= 4 is 34.2 Å². The van der Waals surface area contributed by atoms with E-state index in [0.29, 0.717) is 5.69 Å². The quantitative estimate of drug-likeness (QED) is 0.642. The molecule has 0 amide bonds. The lowest BCUT2D eigenvalue weighted by atomic mass is 10.0. The fourth-order valence-corrected chi connectivity index (χ4v) is 3.37. The van der Waals surface area contributed by atoms with Crippen LogP contribution >= 0.6 is 23.2 Å². The van der Waals surface area contributed by atoms with Crippen LogP contribution in [0.4, 0.5) is 0 Å². The van der Waals surface area contributed by atoms with E-state index in [1.54, 1.807) is 6.20 Å². The highest BCUT2D eigenvalue weighted by Gasteiger charge is 2.20. The van der Waals surface area contributed by atoms with Crippen molar-refractivity contribution in [2.45, 2.75) is 46.0 Å². The van der Waals surface area contributed by atoms with E-state index in [1.807, 2.05) is 19.9 Å². The smallest absolute Gasteiger partial charge is 0.273 e. The molecule has 0 atom stereocenters. The van der Waals surface area contributed by atoms with Crippen LogP contribution in [0.1, 0.15) is 50.8 Å². The molecule has 3 aromatic heterocycles. The van der Waals surface area contributed by atoms with E-state index < -0.39 is 11.2 Å². The SMILES string of the molecule is CCCCc1ccnc(C(C)C)c1-n1c(=O)[nH]c(=O)c2cc(Cl)c(Cl)nc21. The van der Waals surface area contributed by atoms with E-state index in [9.17, 15) is 9.59 Å². The molecular formula is C19H20Cl2N4O2. The van der Waals surface area contributed by atoms with Crippen molar-refractivity contribution in [1.29, 1.82) is 0 Å². The van der Waals surface area contributed by atoms with Gasteiger partial charge < -0.3 is 0 Å². The number of halogens is 2. The van der Waals surface area contributed by atoms with E-state index in [0.717, 1.165) is 30.5 Å². The van der Waals surface area contributed by atoms with Crippen LogP contribution in [0.15, 0.2) is 27.9 Å². The topological polar surface area (TPSA) is 80.6 Å². The Morgan fingerprint density at radius 3 is 2.67 bits per heavy atom. The van der Waals surface area contributed by atoms with Crippen molar-refractivity contribution in [3.63, 3.8) is 0 Å². The number of unbranched alkanes of at least 4 members (excludes halogenated alkanes) is 1. The number of nitrogens with one attached hydrogen (secondary N) is 1. The summed E-state index contributed by atoms with van der Waals surface area (Å²) in [6.45, 7) is 6.12. The molecule has 0 saturated carbocycles. The molecule has 3 rings (SSSR count). The zero-order valence-corrected chi connectivity index (χ0v) is 16.9. The van der Waals surface area contributed by atoms with Gasteiger partial charge in [-0.15, -0.1) is 0 Å². The molecule has 0 spiro atoms. The standard InChI is InChI=1S/C19H20Cl2N4O2/c1-4-5-6-11-7-8-22-14(10(2)3)15(11)25-17-12(18(26)24-19(25)27)9-13(20)16(21)23-17/h7-10H,4-6H2,1-3H3,(H,24,26,27). The highest BCUT2D eigenvalue weighted by atomic mass is 35.5. The first-order valence-electron chi connectivity index (χ1n) is 8.84. The van der Waals surface area contributed by atoms with Gasteiger partial charge in [-0.05, 0) is 36.5 Å². The molecule has 0 fully saturated rings. The third kappa shape index (κ3) is 3.64. The fraction of sp³-hybridized carbons (Fsp3) is 0.368. The number of fused-ring (bicyclic) bond motifs is 1. The first-order chi connectivity index (χ1) is 12.8. The molecule has 0 aromatic carbocycles. The Hall–Kier alpha value is -2.18. The van der Waals surface area contributed by atoms with Gasteiger partial charge in [-0.2, -0.15) is 0 Å². The maximum Gasteiger partial charge on any atom is 0.334 e. The summed E-state index contributed by atoms with van der Waals surface area (Å²) in [5, 5.41) is 0.387. The second kappa shape index (κ2) is 7.82. The fourth-order valence-electron chi connectivity index (χ4n) is 3.08. The van der Waals surface area contributed by atoms with Crippen LogP contribution in [0, 0.1) is 0 Å². The van der Waals surface area contributed by atoms with Gasteiger partial charge in [0.15, 0.2) is 5.65 Å².